The van der Waals surface area contributed by atoms with Gasteiger partial charge in [-0.15, -0.1) is 0 Å². The third-order valence-electron chi connectivity index (χ3n) is 4.23. The monoisotopic (exact) mass is 380 g/mol. The highest BCUT2D eigenvalue weighted by Gasteiger charge is 2.10. The van der Waals surface area contributed by atoms with Crippen LogP contribution in [-0.2, 0) is 9.59 Å². The van der Waals surface area contributed by atoms with Gasteiger partial charge in [0.05, 0.1) is 12.7 Å². The summed E-state index contributed by atoms with van der Waals surface area (Å²) in [6, 6.07) is 7.46. The van der Waals surface area contributed by atoms with Crippen molar-refractivity contribution in [2.24, 2.45) is 0 Å². The summed E-state index contributed by atoms with van der Waals surface area (Å²) in [4.78, 5) is 21.1. The Kier molecular flexibility index (Phi) is 11.7. The molecule has 1 aromatic carbocycles. The van der Waals surface area contributed by atoms with E-state index in [0.717, 1.165) is 44.9 Å². The zero-order valence-corrected chi connectivity index (χ0v) is 16.2. The molecule has 0 aromatic heterocycles. The van der Waals surface area contributed by atoms with Crippen LogP contribution in [0.5, 0.6) is 11.5 Å². The van der Waals surface area contributed by atoms with E-state index in [1.807, 2.05) is 31.2 Å². The molecule has 1 unspecified atom stereocenters. The standard InChI is InChI=1S/C21H32O6/c1-17(14-15-21(24)25)27-19-12-9-8-11-18(19)26-16-10-6-4-2-3-5-7-13-20(22)23/h8-9,11-12,17H,2-7,10,13-16H2,1H3,(H,22,23)(H,24,25). The summed E-state index contributed by atoms with van der Waals surface area (Å²) < 4.78 is 11.6. The van der Waals surface area contributed by atoms with Crippen LogP contribution in [0, 0.1) is 0 Å². The van der Waals surface area contributed by atoms with Gasteiger partial charge in [0.25, 0.3) is 0 Å². The van der Waals surface area contributed by atoms with Gasteiger partial charge in [-0.05, 0) is 38.3 Å². The summed E-state index contributed by atoms with van der Waals surface area (Å²) in [6.07, 6.45) is 7.73. The van der Waals surface area contributed by atoms with Crippen molar-refractivity contribution in [3.63, 3.8) is 0 Å². The highest BCUT2D eigenvalue weighted by Crippen LogP contribution is 2.28. The number of carboxylic acid groups (broad SMARTS) is 2. The van der Waals surface area contributed by atoms with Crippen LogP contribution in [0.1, 0.15) is 71.1 Å². The predicted octanol–water partition coefficient (Wildman–Crippen LogP) is 4.90. The van der Waals surface area contributed by atoms with Gasteiger partial charge in [-0.3, -0.25) is 9.59 Å². The maximum absolute atomic E-state index is 10.6. The van der Waals surface area contributed by atoms with E-state index in [9.17, 15) is 9.59 Å². The maximum Gasteiger partial charge on any atom is 0.303 e. The van der Waals surface area contributed by atoms with Gasteiger partial charge in [-0.2, -0.15) is 0 Å². The van der Waals surface area contributed by atoms with Crippen molar-refractivity contribution in [3.8, 4) is 11.5 Å². The quantitative estimate of drug-likeness (QED) is 0.396. The van der Waals surface area contributed by atoms with Gasteiger partial charge < -0.3 is 19.7 Å². The van der Waals surface area contributed by atoms with Gasteiger partial charge in [-0.25, -0.2) is 0 Å². The SMILES string of the molecule is CC(CCC(=O)O)Oc1ccccc1OCCCCCCCCCC(=O)O. The molecule has 0 saturated heterocycles. The van der Waals surface area contributed by atoms with Crippen LogP contribution < -0.4 is 9.47 Å². The first-order valence-electron chi connectivity index (χ1n) is 9.81. The molecule has 1 rings (SSSR count). The Balaban J connectivity index is 2.18. The number of carboxylic acids is 2. The van der Waals surface area contributed by atoms with Crippen LogP contribution in [0.4, 0.5) is 0 Å². The van der Waals surface area contributed by atoms with E-state index in [2.05, 4.69) is 0 Å². The first kappa shape index (κ1) is 22.8. The van der Waals surface area contributed by atoms with E-state index in [0.29, 0.717) is 24.5 Å². The number of para-hydroxylation sites is 2. The molecule has 0 aliphatic carbocycles. The molecule has 1 atom stereocenters. The number of rotatable bonds is 16. The Labute approximate surface area is 161 Å². The Morgan fingerprint density at radius 2 is 1.41 bits per heavy atom. The Morgan fingerprint density at radius 1 is 0.852 bits per heavy atom. The van der Waals surface area contributed by atoms with Crippen molar-refractivity contribution in [2.45, 2.75) is 77.2 Å². The second kappa shape index (κ2) is 13.9. The lowest BCUT2D eigenvalue weighted by Crippen LogP contribution is -2.14. The van der Waals surface area contributed by atoms with Gasteiger partial charge in [-0.1, -0.05) is 44.2 Å². The molecule has 1 aromatic rings. The average Bonchev–Trinajstić information content (AvgIpc) is 2.62. The Bertz CT molecular complexity index is 557. The number of carbonyl (C=O) groups is 2. The highest BCUT2D eigenvalue weighted by atomic mass is 16.5. The molecule has 6 heteroatoms. The zero-order valence-electron chi connectivity index (χ0n) is 16.2. The fourth-order valence-electron chi connectivity index (χ4n) is 2.71. The fraction of sp³-hybridized carbons (Fsp3) is 0.619. The van der Waals surface area contributed by atoms with Crippen LogP contribution in [0.15, 0.2) is 24.3 Å². The second-order valence-electron chi connectivity index (χ2n) is 6.77. The molecule has 0 heterocycles. The maximum atomic E-state index is 10.6. The van der Waals surface area contributed by atoms with E-state index < -0.39 is 11.9 Å². The van der Waals surface area contributed by atoms with Crippen LogP contribution in [0.3, 0.4) is 0 Å². The number of ether oxygens (including phenoxy) is 2. The molecule has 0 aliphatic rings. The van der Waals surface area contributed by atoms with Crippen LogP contribution in [0.25, 0.3) is 0 Å². The highest BCUT2D eigenvalue weighted by molar-refractivity contribution is 5.66. The second-order valence-corrected chi connectivity index (χ2v) is 6.77. The van der Waals surface area contributed by atoms with Gasteiger partial charge in [0.2, 0.25) is 0 Å². The summed E-state index contributed by atoms with van der Waals surface area (Å²) >= 11 is 0. The number of hydrogen-bond acceptors (Lipinski definition) is 4. The molecule has 0 saturated carbocycles. The molecule has 27 heavy (non-hydrogen) atoms. The van der Waals surface area contributed by atoms with E-state index in [-0.39, 0.29) is 18.9 Å². The number of unbranched alkanes of at least 4 members (excludes halogenated alkanes) is 6. The van der Waals surface area contributed by atoms with Crippen molar-refractivity contribution in [2.75, 3.05) is 6.61 Å². The zero-order chi connectivity index (χ0) is 19.9. The third kappa shape index (κ3) is 11.9. The van der Waals surface area contributed by atoms with Crippen molar-refractivity contribution in [3.05, 3.63) is 24.3 Å². The predicted molar refractivity (Wildman–Crippen MR) is 103 cm³/mol. The van der Waals surface area contributed by atoms with E-state index in [1.54, 1.807) is 0 Å². The van der Waals surface area contributed by atoms with Gasteiger partial charge in [0.15, 0.2) is 11.5 Å². The van der Waals surface area contributed by atoms with Crippen LogP contribution in [-0.4, -0.2) is 34.9 Å². The number of hydrogen-bond donors (Lipinski definition) is 2. The fourth-order valence-corrected chi connectivity index (χ4v) is 2.71. The van der Waals surface area contributed by atoms with Gasteiger partial charge in [0, 0.05) is 12.8 Å². The topological polar surface area (TPSA) is 93.1 Å². The Morgan fingerprint density at radius 3 is 2.04 bits per heavy atom. The average molecular weight is 380 g/mol. The van der Waals surface area contributed by atoms with Gasteiger partial charge >= 0.3 is 11.9 Å². The summed E-state index contributed by atoms with van der Waals surface area (Å²) in [6.45, 7) is 2.47. The first-order valence-corrected chi connectivity index (χ1v) is 9.81. The van der Waals surface area contributed by atoms with E-state index >= 15 is 0 Å². The minimum absolute atomic E-state index is 0.0838. The van der Waals surface area contributed by atoms with Crippen molar-refractivity contribution in [1.29, 1.82) is 0 Å². The molecule has 0 fully saturated rings. The van der Waals surface area contributed by atoms with Crippen molar-refractivity contribution in [1.82, 2.24) is 0 Å². The lowest BCUT2D eigenvalue weighted by Gasteiger charge is -2.17. The lowest BCUT2D eigenvalue weighted by atomic mass is 10.1. The molecule has 152 valence electrons. The molecule has 0 amide bonds. The largest absolute Gasteiger partial charge is 0.490 e. The summed E-state index contributed by atoms with van der Waals surface area (Å²) in [5, 5.41) is 17.3. The summed E-state index contributed by atoms with van der Waals surface area (Å²) in [7, 11) is 0. The molecule has 0 aliphatic heterocycles. The number of aliphatic carboxylic acids is 2. The minimum Gasteiger partial charge on any atom is -0.490 e. The summed E-state index contributed by atoms with van der Waals surface area (Å²) in [5.74, 6) is -0.202. The summed E-state index contributed by atoms with van der Waals surface area (Å²) in [5.41, 5.74) is 0. The van der Waals surface area contributed by atoms with Crippen LogP contribution in [0.2, 0.25) is 0 Å². The number of benzene rings is 1. The third-order valence-corrected chi connectivity index (χ3v) is 4.23. The van der Waals surface area contributed by atoms with Crippen LogP contribution >= 0.6 is 0 Å². The lowest BCUT2D eigenvalue weighted by molar-refractivity contribution is -0.138. The van der Waals surface area contributed by atoms with E-state index in [1.165, 1.54) is 0 Å². The molecular formula is C21H32O6. The molecule has 0 radical (unpaired) electrons. The van der Waals surface area contributed by atoms with Gasteiger partial charge in [0.1, 0.15) is 0 Å². The molecule has 0 spiro atoms. The normalized spacial score (nSPS) is 11.7. The smallest absolute Gasteiger partial charge is 0.303 e. The minimum atomic E-state index is -0.822. The molecule has 0 bridgehead atoms. The first-order chi connectivity index (χ1) is 13.0. The van der Waals surface area contributed by atoms with Crippen molar-refractivity contribution >= 4 is 11.9 Å². The Hall–Kier alpha value is -2.24. The molecule has 2 N–H and O–H groups in total. The molecule has 6 nitrogen and oxygen atoms in total. The van der Waals surface area contributed by atoms with E-state index in [4.69, 9.17) is 19.7 Å². The molecular weight excluding hydrogens is 348 g/mol. The van der Waals surface area contributed by atoms with Crippen molar-refractivity contribution < 1.29 is 29.3 Å².